The summed E-state index contributed by atoms with van der Waals surface area (Å²) in [6.07, 6.45) is 3.05. The first-order chi connectivity index (χ1) is 16.4. The number of aryl methyl sites for hydroxylation is 1. The van der Waals surface area contributed by atoms with Crippen LogP contribution in [-0.4, -0.2) is 60.7 Å². The standard InChI is InChI=1S/C24H35N7O3/c1-4-19-22(28-17-9-12-34-13-10-17)31-23(20(30-19)21(25)32)29-18-7-5-6-16(14-18)8-11-27-24(33)15(2)26-3/h5-7,14-15,17,26H,4,8-13H2,1-3H3,(H2,25,32)(H,27,33)(H2,28,29,31)/t15-/m0/s1. The van der Waals surface area contributed by atoms with Gasteiger partial charge in [-0.2, -0.15) is 0 Å². The molecule has 1 aliphatic rings. The Balaban J connectivity index is 1.76. The molecule has 1 saturated heterocycles. The number of nitrogens with one attached hydrogen (secondary N) is 4. The number of primary amides is 1. The molecule has 1 aromatic carbocycles. The van der Waals surface area contributed by atoms with Crippen LogP contribution in [0.15, 0.2) is 24.3 Å². The molecule has 34 heavy (non-hydrogen) atoms. The van der Waals surface area contributed by atoms with Gasteiger partial charge in [0.1, 0.15) is 0 Å². The Labute approximate surface area is 200 Å². The van der Waals surface area contributed by atoms with Gasteiger partial charge >= 0.3 is 0 Å². The van der Waals surface area contributed by atoms with Gasteiger partial charge in [-0.05, 0) is 57.4 Å². The minimum atomic E-state index is -0.639. The summed E-state index contributed by atoms with van der Waals surface area (Å²) < 4.78 is 5.44. The predicted octanol–water partition coefficient (Wildman–Crippen LogP) is 1.74. The van der Waals surface area contributed by atoms with E-state index in [2.05, 4.69) is 26.3 Å². The Morgan fingerprint density at radius 1 is 1.21 bits per heavy atom. The van der Waals surface area contributed by atoms with Gasteiger partial charge in [0.15, 0.2) is 17.3 Å². The van der Waals surface area contributed by atoms with E-state index in [0.29, 0.717) is 49.9 Å². The first kappa shape index (κ1) is 25.4. The zero-order chi connectivity index (χ0) is 24.5. The van der Waals surface area contributed by atoms with Crippen molar-refractivity contribution in [2.75, 3.05) is 37.4 Å². The Bertz CT molecular complexity index is 993. The monoisotopic (exact) mass is 469 g/mol. The molecular formula is C24H35N7O3. The minimum absolute atomic E-state index is 0.0428. The highest BCUT2D eigenvalue weighted by Gasteiger charge is 2.20. The Kier molecular flexibility index (Phi) is 9.17. The molecule has 2 heterocycles. The number of hydrogen-bond acceptors (Lipinski definition) is 8. The van der Waals surface area contributed by atoms with Gasteiger partial charge in [0.2, 0.25) is 5.91 Å². The number of likely N-dealkylation sites (N-methyl/N-ethyl adjacent to an activating group) is 1. The molecular weight excluding hydrogens is 434 g/mol. The van der Waals surface area contributed by atoms with Gasteiger partial charge in [-0.15, -0.1) is 0 Å². The summed E-state index contributed by atoms with van der Waals surface area (Å²) in [6.45, 7) is 5.71. The Hall–Kier alpha value is -3.24. The van der Waals surface area contributed by atoms with Gasteiger partial charge < -0.3 is 31.7 Å². The van der Waals surface area contributed by atoms with Crippen molar-refractivity contribution in [2.24, 2.45) is 5.73 Å². The molecule has 1 aliphatic heterocycles. The molecule has 10 nitrogen and oxygen atoms in total. The number of nitrogens with zero attached hydrogens (tertiary/aromatic N) is 2. The smallest absolute Gasteiger partial charge is 0.271 e. The van der Waals surface area contributed by atoms with E-state index in [-0.39, 0.29) is 23.7 Å². The quantitative estimate of drug-likeness (QED) is 0.335. The molecule has 0 saturated carbocycles. The van der Waals surface area contributed by atoms with Gasteiger partial charge in [0.25, 0.3) is 5.91 Å². The highest BCUT2D eigenvalue weighted by Crippen LogP contribution is 2.24. The third-order valence-electron chi connectivity index (χ3n) is 5.83. The molecule has 0 radical (unpaired) electrons. The molecule has 0 aliphatic carbocycles. The third-order valence-corrected chi connectivity index (χ3v) is 5.83. The maximum Gasteiger partial charge on any atom is 0.271 e. The molecule has 6 N–H and O–H groups in total. The van der Waals surface area contributed by atoms with E-state index < -0.39 is 5.91 Å². The number of nitrogens with two attached hydrogens (primary N) is 1. The van der Waals surface area contributed by atoms with Crippen molar-refractivity contribution in [1.29, 1.82) is 0 Å². The topological polar surface area (TPSA) is 143 Å². The molecule has 2 amide bonds. The number of aromatic nitrogens is 2. The van der Waals surface area contributed by atoms with Crippen molar-refractivity contribution in [3.05, 3.63) is 41.2 Å². The van der Waals surface area contributed by atoms with Gasteiger partial charge in [-0.1, -0.05) is 19.1 Å². The van der Waals surface area contributed by atoms with E-state index in [4.69, 9.17) is 15.5 Å². The summed E-state index contributed by atoms with van der Waals surface area (Å²) in [4.78, 5) is 33.3. The fourth-order valence-corrected chi connectivity index (χ4v) is 3.68. The number of ether oxygens (including phenoxy) is 1. The molecule has 0 spiro atoms. The van der Waals surface area contributed by atoms with E-state index in [1.165, 1.54) is 0 Å². The van der Waals surface area contributed by atoms with Gasteiger partial charge in [-0.3, -0.25) is 9.59 Å². The largest absolute Gasteiger partial charge is 0.381 e. The molecule has 1 fully saturated rings. The van der Waals surface area contributed by atoms with Crippen molar-refractivity contribution in [1.82, 2.24) is 20.6 Å². The van der Waals surface area contributed by atoms with Crippen LogP contribution >= 0.6 is 0 Å². The minimum Gasteiger partial charge on any atom is -0.381 e. The second-order valence-corrected chi connectivity index (χ2v) is 8.34. The maximum atomic E-state index is 12.1. The van der Waals surface area contributed by atoms with E-state index >= 15 is 0 Å². The zero-order valence-corrected chi connectivity index (χ0v) is 20.1. The molecule has 184 valence electrons. The molecule has 1 aromatic heterocycles. The number of hydrogen-bond donors (Lipinski definition) is 5. The van der Waals surface area contributed by atoms with Crippen LogP contribution in [0, 0.1) is 0 Å². The molecule has 3 rings (SSSR count). The number of carbonyl (C=O) groups excluding carboxylic acids is 2. The van der Waals surface area contributed by atoms with Crippen LogP contribution in [0.25, 0.3) is 0 Å². The first-order valence-electron chi connectivity index (χ1n) is 11.8. The SMILES string of the molecule is CCc1nc(C(N)=O)c(Nc2cccc(CCNC(=O)[C@H](C)NC)c2)nc1NC1CCOCC1. The molecule has 2 aromatic rings. The number of anilines is 3. The van der Waals surface area contributed by atoms with E-state index in [0.717, 1.165) is 24.1 Å². The molecule has 10 heteroatoms. The average Bonchev–Trinajstić information content (AvgIpc) is 2.84. The van der Waals surface area contributed by atoms with Crippen LogP contribution in [-0.2, 0) is 22.4 Å². The summed E-state index contributed by atoms with van der Waals surface area (Å²) in [5, 5.41) is 12.5. The van der Waals surface area contributed by atoms with Crippen LogP contribution in [0.1, 0.15) is 48.4 Å². The number of benzene rings is 1. The van der Waals surface area contributed by atoms with E-state index in [9.17, 15) is 9.59 Å². The van der Waals surface area contributed by atoms with Crippen LogP contribution < -0.4 is 27.0 Å². The lowest BCUT2D eigenvalue weighted by molar-refractivity contribution is -0.122. The van der Waals surface area contributed by atoms with Crippen molar-refractivity contribution in [3.63, 3.8) is 0 Å². The predicted molar refractivity (Wildman–Crippen MR) is 132 cm³/mol. The fourth-order valence-electron chi connectivity index (χ4n) is 3.68. The van der Waals surface area contributed by atoms with E-state index in [1.54, 1.807) is 7.05 Å². The van der Waals surface area contributed by atoms with Gasteiger partial charge in [0.05, 0.1) is 11.7 Å². The lowest BCUT2D eigenvalue weighted by atomic mass is 10.1. The molecule has 0 unspecified atom stereocenters. The fraction of sp³-hybridized carbons (Fsp3) is 0.500. The number of rotatable bonds is 11. The Morgan fingerprint density at radius 3 is 2.65 bits per heavy atom. The highest BCUT2D eigenvalue weighted by atomic mass is 16.5. The summed E-state index contributed by atoms with van der Waals surface area (Å²) in [5.41, 5.74) is 8.21. The number of amides is 2. The molecule has 0 bridgehead atoms. The van der Waals surface area contributed by atoms with Crippen molar-refractivity contribution < 1.29 is 14.3 Å². The lowest BCUT2D eigenvalue weighted by Crippen LogP contribution is -2.41. The van der Waals surface area contributed by atoms with Crippen molar-refractivity contribution in [2.45, 2.75) is 51.6 Å². The first-order valence-corrected chi connectivity index (χ1v) is 11.8. The maximum absolute atomic E-state index is 12.1. The van der Waals surface area contributed by atoms with Crippen LogP contribution in [0.3, 0.4) is 0 Å². The summed E-state index contributed by atoms with van der Waals surface area (Å²) >= 11 is 0. The zero-order valence-electron chi connectivity index (χ0n) is 20.1. The van der Waals surface area contributed by atoms with E-state index in [1.807, 2.05) is 38.1 Å². The van der Waals surface area contributed by atoms with Crippen LogP contribution in [0.4, 0.5) is 17.3 Å². The normalized spacial score (nSPS) is 14.9. The van der Waals surface area contributed by atoms with Crippen molar-refractivity contribution in [3.8, 4) is 0 Å². The second kappa shape index (κ2) is 12.3. The summed E-state index contributed by atoms with van der Waals surface area (Å²) in [6, 6.07) is 7.74. The van der Waals surface area contributed by atoms with Crippen molar-refractivity contribution >= 4 is 29.1 Å². The molecule has 1 atom stereocenters. The van der Waals surface area contributed by atoms with Crippen LogP contribution in [0.5, 0.6) is 0 Å². The van der Waals surface area contributed by atoms with Gasteiger partial charge in [-0.25, -0.2) is 9.97 Å². The van der Waals surface area contributed by atoms with Crippen LogP contribution in [0.2, 0.25) is 0 Å². The lowest BCUT2D eigenvalue weighted by Gasteiger charge is -2.25. The average molecular weight is 470 g/mol. The Morgan fingerprint density at radius 2 is 1.97 bits per heavy atom. The second-order valence-electron chi connectivity index (χ2n) is 8.34. The highest BCUT2D eigenvalue weighted by molar-refractivity contribution is 5.96. The van der Waals surface area contributed by atoms with Gasteiger partial charge in [0, 0.05) is 31.5 Å². The number of carbonyl (C=O) groups is 2. The third kappa shape index (κ3) is 6.88. The summed E-state index contributed by atoms with van der Waals surface area (Å²) in [7, 11) is 1.75. The summed E-state index contributed by atoms with van der Waals surface area (Å²) in [5.74, 6) is 0.283.